The van der Waals surface area contributed by atoms with Crippen molar-refractivity contribution in [2.45, 2.75) is 36.7 Å². The molecule has 0 unspecified atom stereocenters. The van der Waals surface area contributed by atoms with Gasteiger partial charge < -0.3 is 19.7 Å². The van der Waals surface area contributed by atoms with E-state index in [2.05, 4.69) is 5.32 Å². The molecule has 4 rings (SSSR count). The Bertz CT molecular complexity index is 816. The Hall–Kier alpha value is -1.84. The molecule has 2 fully saturated rings. The van der Waals surface area contributed by atoms with E-state index in [4.69, 9.17) is 9.47 Å². The molecule has 1 saturated carbocycles. The fourth-order valence-electron chi connectivity index (χ4n) is 3.52. The number of hydrogen-bond donors (Lipinski definition) is 2. The lowest BCUT2D eigenvalue weighted by atomic mass is 10.2. The predicted octanol–water partition coefficient (Wildman–Crippen LogP) is -0.986. The summed E-state index contributed by atoms with van der Waals surface area (Å²) in [4.78, 5) is 13.6. The summed E-state index contributed by atoms with van der Waals surface area (Å²) in [5, 5.41) is 3.03. The second-order valence-electron chi connectivity index (χ2n) is 7.37. The van der Waals surface area contributed by atoms with E-state index in [1.54, 1.807) is 12.1 Å². The molecule has 0 spiro atoms. The molecule has 1 saturated heterocycles. The zero-order valence-corrected chi connectivity index (χ0v) is 16.3. The monoisotopic (exact) mass is 396 g/mol. The van der Waals surface area contributed by atoms with Gasteiger partial charge in [0, 0.05) is 12.1 Å². The first-order chi connectivity index (χ1) is 12.9. The smallest absolute Gasteiger partial charge is 0.278 e. The number of amides is 1. The minimum absolute atomic E-state index is 0.0654. The maximum Gasteiger partial charge on any atom is 0.278 e. The van der Waals surface area contributed by atoms with Crippen LogP contribution < -0.4 is 19.7 Å². The summed E-state index contributed by atoms with van der Waals surface area (Å²) in [6, 6.07) is 4.93. The normalized spacial score (nSPS) is 22.3. The van der Waals surface area contributed by atoms with Crippen LogP contribution in [0.25, 0.3) is 0 Å². The minimum Gasteiger partial charge on any atom is -0.486 e. The lowest BCUT2D eigenvalue weighted by Crippen LogP contribution is -3.19. The van der Waals surface area contributed by atoms with E-state index in [0.717, 1.165) is 17.7 Å². The Labute approximate surface area is 159 Å². The van der Waals surface area contributed by atoms with Gasteiger partial charge in [-0.3, -0.25) is 4.79 Å². The van der Waals surface area contributed by atoms with E-state index in [1.807, 2.05) is 6.92 Å². The van der Waals surface area contributed by atoms with Crippen LogP contribution in [0.15, 0.2) is 23.1 Å². The van der Waals surface area contributed by atoms with Gasteiger partial charge in [0.25, 0.3) is 5.91 Å². The number of piperazine rings is 1. The van der Waals surface area contributed by atoms with Crippen LogP contribution in [-0.4, -0.2) is 70.1 Å². The first-order valence-corrected chi connectivity index (χ1v) is 10.9. The molecule has 1 aromatic rings. The summed E-state index contributed by atoms with van der Waals surface area (Å²) in [5.74, 6) is 1.11. The first kappa shape index (κ1) is 18.5. The average Bonchev–Trinajstić information content (AvgIpc) is 3.51. The van der Waals surface area contributed by atoms with Gasteiger partial charge >= 0.3 is 0 Å². The summed E-state index contributed by atoms with van der Waals surface area (Å²) < 4.78 is 38.4. The van der Waals surface area contributed by atoms with Gasteiger partial charge in [0.05, 0.1) is 31.1 Å². The lowest BCUT2D eigenvalue weighted by Gasteiger charge is -2.34. The first-order valence-electron chi connectivity index (χ1n) is 9.50. The molecule has 0 bridgehead atoms. The van der Waals surface area contributed by atoms with Gasteiger partial charge in [-0.1, -0.05) is 0 Å². The standard InChI is InChI=1S/C18H25N3O5S/c1-13(18(22)19-14-2-3-14)20-6-8-21(9-7-20)27(23,24)15-4-5-16-17(12-15)26-11-10-25-16/h4-5,12-14H,2-3,6-11H2,1H3,(H,19,22)/p+1/t13-/m1/s1. The van der Waals surface area contributed by atoms with Gasteiger partial charge in [0.15, 0.2) is 17.5 Å². The molecule has 1 atom stereocenters. The van der Waals surface area contributed by atoms with Gasteiger partial charge in [0.2, 0.25) is 10.0 Å². The molecular weight excluding hydrogens is 370 g/mol. The molecule has 2 N–H and O–H groups in total. The third-order valence-electron chi connectivity index (χ3n) is 5.45. The molecule has 2 heterocycles. The Morgan fingerprint density at radius 1 is 1.19 bits per heavy atom. The number of rotatable bonds is 5. The van der Waals surface area contributed by atoms with E-state index in [1.165, 1.54) is 10.4 Å². The summed E-state index contributed by atoms with van der Waals surface area (Å²) in [5.41, 5.74) is 0. The van der Waals surface area contributed by atoms with Crippen molar-refractivity contribution >= 4 is 15.9 Å². The highest BCUT2D eigenvalue weighted by molar-refractivity contribution is 7.89. The Balaban J connectivity index is 1.40. The second-order valence-corrected chi connectivity index (χ2v) is 9.31. The number of ether oxygens (including phenoxy) is 2. The topological polar surface area (TPSA) is 89.4 Å². The van der Waals surface area contributed by atoms with Crippen LogP contribution >= 0.6 is 0 Å². The molecule has 3 aliphatic rings. The van der Waals surface area contributed by atoms with E-state index in [-0.39, 0.29) is 16.8 Å². The molecular formula is C18H26N3O5S+. The highest BCUT2D eigenvalue weighted by Gasteiger charge is 2.36. The summed E-state index contributed by atoms with van der Waals surface area (Å²) in [6.45, 7) is 4.82. The Morgan fingerprint density at radius 2 is 1.85 bits per heavy atom. The van der Waals surface area contributed by atoms with Gasteiger partial charge in [-0.15, -0.1) is 0 Å². The largest absolute Gasteiger partial charge is 0.486 e. The molecule has 148 valence electrons. The van der Waals surface area contributed by atoms with Gasteiger partial charge in [-0.05, 0) is 31.9 Å². The number of carbonyl (C=O) groups is 1. The highest BCUT2D eigenvalue weighted by atomic mass is 32.2. The Morgan fingerprint density at radius 3 is 2.52 bits per heavy atom. The molecule has 9 heteroatoms. The van der Waals surface area contributed by atoms with Crippen molar-refractivity contribution in [3.8, 4) is 11.5 Å². The minimum atomic E-state index is -3.59. The maximum atomic E-state index is 13.0. The SMILES string of the molecule is C[C@H](C(=O)NC1CC1)[NH+]1CCN(S(=O)(=O)c2ccc3c(c2)OCCO3)CC1. The van der Waals surface area contributed by atoms with E-state index >= 15 is 0 Å². The zero-order chi connectivity index (χ0) is 19.0. The van der Waals surface area contributed by atoms with E-state index in [9.17, 15) is 13.2 Å². The van der Waals surface area contributed by atoms with Gasteiger partial charge in [-0.2, -0.15) is 4.31 Å². The second kappa shape index (κ2) is 7.29. The van der Waals surface area contributed by atoms with Crippen LogP contribution in [0.5, 0.6) is 11.5 Å². The van der Waals surface area contributed by atoms with Crippen molar-refractivity contribution < 1.29 is 27.6 Å². The number of nitrogens with zero attached hydrogens (tertiary/aromatic N) is 1. The van der Waals surface area contributed by atoms with Crippen LogP contribution in [0.3, 0.4) is 0 Å². The molecule has 0 aromatic heterocycles. The van der Waals surface area contributed by atoms with Gasteiger partial charge in [-0.25, -0.2) is 8.42 Å². The number of fused-ring (bicyclic) bond motifs is 1. The molecule has 27 heavy (non-hydrogen) atoms. The number of sulfonamides is 1. The fourth-order valence-corrected chi connectivity index (χ4v) is 4.98. The van der Waals surface area contributed by atoms with Crippen LogP contribution in [0, 0.1) is 0 Å². The van der Waals surface area contributed by atoms with Crippen LogP contribution in [0.1, 0.15) is 19.8 Å². The number of nitrogens with one attached hydrogen (secondary N) is 2. The highest BCUT2D eigenvalue weighted by Crippen LogP contribution is 2.33. The third kappa shape index (κ3) is 3.90. The van der Waals surface area contributed by atoms with Crippen LogP contribution in [0.4, 0.5) is 0 Å². The summed E-state index contributed by atoms with van der Waals surface area (Å²) in [6.07, 6.45) is 2.13. The van der Waals surface area contributed by atoms with E-state index in [0.29, 0.717) is 56.9 Å². The third-order valence-corrected chi connectivity index (χ3v) is 7.34. The molecule has 2 aliphatic heterocycles. The van der Waals surface area contributed by atoms with Crippen molar-refractivity contribution in [2.24, 2.45) is 0 Å². The van der Waals surface area contributed by atoms with Gasteiger partial charge in [0.1, 0.15) is 13.2 Å². The lowest BCUT2D eigenvalue weighted by molar-refractivity contribution is -0.917. The molecule has 1 aromatic carbocycles. The predicted molar refractivity (Wildman–Crippen MR) is 97.5 cm³/mol. The maximum absolute atomic E-state index is 13.0. The van der Waals surface area contributed by atoms with Crippen molar-refractivity contribution in [1.82, 2.24) is 9.62 Å². The molecule has 1 amide bonds. The summed E-state index contributed by atoms with van der Waals surface area (Å²) in [7, 11) is -3.59. The number of benzene rings is 1. The number of hydrogen-bond acceptors (Lipinski definition) is 5. The van der Waals surface area contributed by atoms with Crippen molar-refractivity contribution in [3.05, 3.63) is 18.2 Å². The summed E-state index contributed by atoms with van der Waals surface area (Å²) >= 11 is 0. The fraction of sp³-hybridized carbons (Fsp3) is 0.611. The average molecular weight is 396 g/mol. The molecule has 0 radical (unpaired) electrons. The molecule has 1 aliphatic carbocycles. The van der Waals surface area contributed by atoms with Crippen LogP contribution in [0.2, 0.25) is 0 Å². The zero-order valence-electron chi connectivity index (χ0n) is 15.4. The van der Waals surface area contributed by atoms with Crippen molar-refractivity contribution in [1.29, 1.82) is 0 Å². The number of quaternary nitrogens is 1. The van der Waals surface area contributed by atoms with Crippen LogP contribution in [-0.2, 0) is 14.8 Å². The van der Waals surface area contributed by atoms with Crippen molar-refractivity contribution in [2.75, 3.05) is 39.4 Å². The number of carbonyl (C=O) groups excluding carboxylic acids is 1. The quantitative estimate of drug-likeness (QED) is 0.668. The Kier molecular flexibility index (Phi) is 5.00. The van der Waals surface area contributed by atoms with E-state index < -0.39 is 10.0 Å². The molecule has 8 nitrogen and oxygen atoms in total. The van der Waals surface area contributed by atoms with Crippen molar-refractivity contribution in [3.63, 3.8) is 0 Å².